The fourth-order valence-electron chi connectivity index (χ4n) is 2.12. The molecule has 0 bridgehead atoms. The Bertz CT molecular complexity index is 720. The van der Waals surface area contributed by atoms with E-state index in [4.69, 9.17) is 0 Å². The number of nitrogens with zero attached hydrogens (tertiary/aromatic N) is 1. The lowest BCUT2D eigenvalue weighted by Crippen LogP contribution is -2.27. The van der Waals surface area contributed by atoms with E-state index in [2.05, 4.69) is 22.2 Å². The van der Waals surface area contributed by atoms with Crippen LogP contribution >= 0.6 is 23.5 Å². The minimum Gasteiger partial charge on any atom is -0.355 e. The summed E-state index contributed by atoms with van der Waals surface area (Å²) >= 11 is 3.01. The zero-order valence-electron chi connectivity index (χ0n) is 14.3. The van der Waals surface area contributed by atoms with Crippen molar-refractivity contribution in [3.8, 4) is 0 Å². The molecular formula is C18H23N3O2S2. The Morgan fingerprint density at radius 3 is 2.84 bits per heavy atom. The van der Waals surface area contributed by atoms with E-state index in [0.29, 0.717) is 17.5 Å². The number of nitrogens with one attached hydrogen (secondary N) is 2. The molecule has 0 saturated heterocycles. The Labute approximate surface area is 156 Å². The first-order chi connectivity index (χ1) is 12.2. The number of rotatable bonds is 10. The summed E-state index contributed by atoms with van der Waals surface area (Å²) in [5.41, 5.74) is 1.78. The van der Waals surface area contributed by atoms with Crippen LogP contribution in [0.5, 0.6) is 0 Å². The van der Waals surface area contributed by atoms with Gasteiger partial charge in [0.15, 0.2) is 5.16 Å². The second-order valence-electron chi connectivity index (χ2n) is 5.47. The molecule has 0 atom stereocenters. The molecule has 1 heterocycles. The van der Waals surface area contributed by atoms with E-state index in [-0.39, 0.29) is 17.2 Å². The molecule has 0 unspecified atom stereocenters. The van der Waals surface area contributed by atoms with Gasteiger partial charge in [0, 0.05) is 18.4 Å². The minimum absolute atomic E-state index is 0.0608. The third-order valence-corrected chi connectivity index (χ3v) is 5.36. The van der Waals surface area contributed by atoms with Crippen LogP contribution in [0.2, 0.25) is 0 Å². The standard InChI is InChI=1S/C18H23N3O2S2/c1-2-10-24-12-15-11-16(22)21-18(20-15)25-13-17(23)19-9-8-14-6-4-3-5-7-14/h3-7,11H,2,8-10,12-13H2,1H3,(H,19,23)(H,20,21,22). The largest absolute Gasteiger partial charge is 0.355 e. The molecule has 0 aliphatic carbocycles. The van der Waals surface area contributed by atoms with Crippen LogP contribution in [-0.4, -0.2) is 33.9 Å². The average Bonchev–Trinajstić information content (AvgIpc) is 2.61. The minimum atomic E-state index is -0.172. The van der Waals surface area contributed by atoms with Gasteiger partial charge in [0.25, 0.3) is 5.56 Å². The van der Waals surface area contributed by atoms with Crippen molar-refractivity contribution in [2.75, 3.05) is 18.1 Å². The lowest BCUT2D eigenvalue weighted by molar-refractivity contribution is -0.118. The zero-order chi connectivity index (χ0) is 17.9. The Hall–Kier alpha value is -1.73. The van der Waals surface area contributed by atoms with Gasteiger partial charge >= 0.3 is 0 Å². The highest BCUT2D eigenvalue weighted by Crippen LogP contribution is 2.14. The van der Waals surface area contributed by atoms with Crippen molar-refractivity contribution in [3.63, 3.8) is 0 Å². The topological polar surface area (TPSA) is 74.8 Å². The predicted octanol–water partition coefficient (Wildman–Crippen LogP) is 2.86. The summed E-state index contributed by atoms with van der Waals surface area (Å²) in [4.78, 5) is 30.7. The van der Waals surface area contributed by atoms with Gasteiger partial charge < -0.3 is 10.3 Å². The molecule has 0 saturated carbocycles. The summed E-state index contributed by atoms with van der Waals surface area (Å²) in [6.07, 6.45) is 1.90. The highest BCUT2D eigenvalue weighted by atomic mass is 32.2. The molecule has 1 aromatic heterocycles. The number of carbonyl (C=O) groups is 1. The van der Waals surface area contributed by atoms with Gasteiger partial charge in [-0.1, -0.05) is 49.0 Å². The van der Waals surface area contributed by atoms with Gasteiger partial charge in [-0.05, 0) is 24.2 Å². The molecule has 2 rings (SSSR count). The van der Waals surface area contributed by atoms with Crippen LogP contribution in [0.4, 0.5) is 0 Å². The summed E-state index contributed by atoms with van der Waals surface area (Å²) in [6, 6.07) is 11.5. The monoisotopic (exact) mass is 377 g/mol. The molecule has 0 radical (unpaired) electrons. The average molecular weight is 378 g/mol. The van der Waals surface area contributed by atoms with Crippen LogP contribution in [-0.2, 0) is 17.0 Å². The number of thioether (sulfide) groups is 2. The molecule has 7 heteroatoms. The fraction of sp³-hybridized carbons (Fsp3) is 0.389. The normalized spacial score (nSPS) is 10.6. The summed E-state index contributed by atoms with van der Waals surface area (Å²) in [5, 5.41) is 3.39. The van der Waals surface area contributed by atoms with Gasteiger partial charge in [-0.25, -0.2) is 4.98 Å². The van der Waals surface area contributed by atoms with Crippen LogP contribution in [0.15, 0.2) is 46.3 Å². The van der Waals surface area contributed by atoms with Crippen LogP contribution in [0.1, 0.15) is 24.6 Å². The second-order valence-corrected chi connectivity index (χ2v) is 7.54. The molecule has 25 heavy (non-hydrogen) atoms. The first-order valence-corrected chi connectivity index (χ1v) is 10.4. The second kappa shape index (κ2) is 11.0. The predicted molar refractivity (Wildman–Crippen MR) is 105 cm³/mol. The summed E-state index contributed by atoms with van der Waals surface area (Å²) in [6.45, 7) is 2.72. The number of carbonyl (C=O) groups excluding carboxylic acids is 1. The van der Waals surface area contributed by atoms with Crippen molar-refractivity contribution in [1.82, 2.24) is 15.3 Å². The molecule has 2 N–H and O–H groups in total. The van der Waals surface area contributed by atoms with Crippen molar-refractivity contribution in [3.05, 3.63) is 58.0 Å². The third-order valence-electron chi connectivity index (χ3n) is 3.29. The zero-order valence-corrected chi connectivity index (χ0v) is 15.9. The van der Waals surface area contributed by atoms with E-state index in [1.54, 1.807) is 11.8 Å². The number of H-pyrrole nitrogens is 1. The van der Waals surface area contributed by atoms with E-state index < -0.39 is 0 Å². The van der Waals surface area contributed by atoms with Gasteiger partial charge in [-0.2, -0.15) is 11.8 Å². The van der Waals surface area contributed by atoms with Gasteiger partial charge in [0.05, 0.1) is 11.4 Å². The number of hydrogen-bond acceptors (Lipinski definition) is 5. The van der Waals surface area contributed by atoms with Crippen molar-refractivity contribution in [1.29, 1.82) is 0 Å². The molecule has 1 aromatic carbocycles. The Morgan fingerprint density at radius 1 is 1.28 bits per heavy atom. The van der Waals surface area contributed by atoms with E-state index in [0.717, 1.165) is 24.3 Å². The molecular weight excluding hydrogens is 354 g/mol. The Kier molecular flexibility index (Phi) is 8.62. The van der Waals surface area contributed by atoms with Crippen LogP contribution in [0, 0.1) is 0 Å². The van der Waals surface area contributed by atoms with Gasteiger partial charge in [0.2, 0.25) is 5.91 Å². The van der Waals surface area contributed by atoms with E-state index >= 15 is 0 Å². The molecule has 5 nitrogen and oxygen atoms in total. The first-order valence-electron chi connectivity index (χ1n) is 8.28. The summed E-state index contributed by atoms with van der Waals surface area (Å²) in [5.74, 6) is 1.94. The maximum absolute atomic E-state index is 11.9. The Balaban J connectivity index is 1.76. The first kappa shape index (κ1) is 19.6. The van der Waals surface area contributed by atoms with Crippen molar-refractivity contribution in [2.24, 2.45) is 0 Å². The molecule has 2 aromatic rings. The van der Waals surface area contributed by atoms with Gasteiger partial charge in [0.1, 0.15) is 0 Å². The van der Waals surface area contributed by atoms with Crippen LogP contribution < -0.4 is 10.9 Å². The van der Waals surface area contributed by atoms with Gasteiger partial charge in [-0.3, -0.25) is 9.59 Å². The molecule has 0 spiro atoms. The molecule has 0 fully saturated rings. The number of amides is 1. The quantitative estimate of drug-likeness (QED) is 0.378. The number of benzene rings is 1. The maximum Gasteiger partial charge on any atom is 0.251 e. The molecule has 0 aliphatic heterocycles. The van der Waals surface area contributed by atoms with Crippen molar-refractivity contribution < 1.29 is 4.79 Å². The van der Waals surface area contributed by atoms with Crippen LogP contribution in [0.25, 0.3) is 0 Å². The van der Waals surface area contributed by atoms with Gasteiger partial charge in [-0.15, -0.1) is 0 Å². The summed E-state index contributed by atoms with van der Waals surface area (Å²) < 4.78 is 0. The lowest BCUT2D eigenvalue weighted by atomic mass is 10.1. The highest BCUT2D eigenvalue weighted by Gasteiger charge is 2.06. The smallest absolute Gasteiger partial charge is 0.251 e. The van der Waals surface area contributed by atoms with Crippen LogP contribution in [0.3, 0.4) is 0 Å². The highest BCUT2D eigenvalue weighted by molar-refractivity contribution is 7.99. The Morgan fingerprint density at radius 2 is 2.08 bits per heavy atom. The number of hydrogen-bond donors (Lipinski definition) is 2. The van der Waals surface area contributed by atoms with E-state index in [9.17, 15) is 9.59 Å². The number of aromatic nitrogens is 2. The SMILES string of the molecule is CCCSCc1cc(=O)[nH]c(SCC(=O)NCCc2ccccc2)n1. The maximum atomic E-state index is 11.9. The molecule has 134 valence electrons. The van der Waals surface area contributed by atoms with E-state index in [1.807, 2.05) is 30.3 Å². The summed E-state index contributed by atoms with van der Waals surface area (Å²) in [7, 11) is 0. The lowest BCUT2D eigenvalue weighted by Gasteiger charge is -2.06. The third kappa shape index (κ3) is 7.79. The van der Waals surface area contributed by atoms with E-state index in [1.165, 1.54) is 23.4 Å². The van der Waals surface area contributed by atoms with Crippen molar-refractivity contribution >= 4 is 29.4 Å². The molecule has 1 amide bonds. The fourth-order valence-corrected chi connectivity index (χ4v) is 3.64. The number of aromatic amines is 1. The van der Waals surface area contributed by atoms with Crippen molar-refractivity contribution in [2.45, 2.75) is 30.7 Å². The molecule has 0 aliphatic rings.